The van der Waals surface area contributed by atoms with Crippen LogP contribution < -0.4 is 11.1 Å². The normalized spacial score (nSPS) is 25.1. The molecule has 3 N–H and O–H groups in total. The smallest absolute Gasteiger partial charge is 0.139 e. The minimum absolute atomic E-state index is 0.179. The second-order valence-corrected chi connectivity index (χ2v) is 5.12. The maximum atomic E-state index is 5.55. The van der Waals surface area contributed by atoms with E-state index in [1.54, 1.807) is 0 Å². The summed E-state index contributed by atoms with van der Waals surface area (Å²) in [7, 11) is 0. The number of nitrogen functional groups attached to an aromatic ring is 1. The molecule has 5 heteroatoms. The van der Waals surface area contributed by atoms with Crippen LogP contribution in [-0.2, 0) is 4.74 Å². The minimum Gasteiger partial charge on any atom is -0.383 e. The fourth-order valence-corrected chi connectivity index (χ4v) is 2.16. The van der Waals surface area contributed by atoms with Gasteiger partial charge in [0.05, 0.1) is 19.3 Å². The summed E-state index contributed by atoms with van der Waals surface area (Å²) in [5.41, 5.74) is 5.73. The van der Waals surface area contributed by atoms with Crippen LogP contribution >= 0.6 is 11.5 Å². The highest BCUT2D eigenvalue weighted by molar-refractivity contribution is 7.10. The van der Waals surface area contributed by atoms with Crippen molar-refractivity contribution in [1.82, 2.24) is 4.37 Å². The van der Waals surface area contributed by atoms with Crippen LogP contribution in [0.4, 0.5) is 10.8 Å². The van der Waals surface area contributed by atoms with Crippen molar-refractivity contribution < 1.29 is 4.74 Å². The Morgan fingerprint density at radius 1 is 1.71 bits per heavy atom. The Morgan fingerprint density at radius 3 is 3.00 bits per heavy atom. The Morgan fingerprint density at radius 2 is 2.50 bits per heavy atom. The quantitative estimate of drug-likeness (QED) is 0.782. The molecule has 2 rings (SSSR count). The molecule has 1 atom stereocenters. The topological polar surface area (TPSA) is 60.2 Å². The van der Waals surface area contributed by atoms with Crippen LogP contribution in [0, 0.1) is 5.41 Å². The Balaban J connectivity index is 2.04. The molecule has 14 heavy (non-hydrogen) atoms. The van der Waals surface area contributed by atoms with Gasteiger partial charge in [0.25, 0.3) is 0 Å². The summed E-state index contributed by atoms with van der Waals surface area (Å²) in [5, 5.41) is 4.42. The number of nitrogens with one attached hydrogen (secondary N) is 1. The first-order valence-corrected chi connectivity index (χ1v) is 5.42. The summed E-state index contributed by atoms with van der Waals surface area (Å²) in [6.45, 7) is 5.95. The van der Waals surface area contributed by atoms with E-state index in [4.69, 9.17) is 10.5 Å². The molecule has 1 fully saturated rings. The average Bonchev–Trinajstić information content (AvgIpc) is 2.61. The van der Waals surface area contributed by atoms with Crippen molar-refractivity contribution >= 4 is 22.4 Å². The number of hydrogen-bond donors (Lipinski definition) is 2. The molecule has 0 radical (unpaired) electrons. The molecule has 1 aliphatic rings. The minimum atomic E-state index is 0.179. The Hall–Kier alpha value is -0.810. The highest BCUT2D eigenvalue weighted by Gasteiger charge is 2.35. The summed E-state index contributed by atoms with van der Waals surface area (Å²) in [5.74, 6) is 0.578. The Kier molecular flexibility index (Phi) is 2.36. The van der Waals surface area contributed by atoms with Crippen molar-refractivity contribution in [1.29, 1.82) is 0 Å². The van der Waals surface area contributed by atoms with Gasteiger partial charge < -0.3 is 15.8 Å². The monoisotopic (exact) mass is 213 g/mol. The first-order chi connectivity index (χ1) is 6.58. The van der Waals surface area contributed by atoms with Crippen molar-refractivity contribution in [3.05, 3.63) is 6.07 Å². The molecule has 0 saturated carbocycles. The van der Waals surface area contributed by atoms with Gasteiger partial charge in [0, 0.05) is 11.5 Å². The number of aromatic nitrogens is 1. The van der Waals surface area contributed by atoms with Gasteiger partial charge in [0.1, 0.15) is 10.8 Å². The van der Waals surface area contributed by atoms with Crippen LogP contribution in [0.3, 0.4) is 0 Å². The molecule has 0 aliphatic carbocycles. The van der Waals surface area contributed by atoms with Crippen LogP contribution in [0.1, 0.15) is 13.8 Å². The molecule has 1 aromatic rings. The molecule has 1 aromatic heterocycles. The zero-order valence-electron chi connectivity index (χ0n) is 8.41. The van der Waals surface area contributed by atoms with Crippen molar-refractivity contribution in [2.45, 2.75) is 19.9 Å². The van der Waals surface area contributed by atoms with Crippen LogP contribution in [0.15, 0.2) is 6.07 Å². The third-order valence-electron chi connectivity index (χ3n) is 2.55. The van der Waals surface area contributed by atoms with Crippen molar-refractivity contribution in [3.8, 4) is 0 Å². The van der Waals surface area contributed by atoms with Crippen LogP contribution in [0.2, 0.25) is 0 Å². The summed E-state index contributed by atoms with van der Waals surface area (Å²) < 4.78 is 9.46. The molecule has 1 saturated heterocycles. The summed E-state index contributed by atoms with van der Waals surface area (Å²) in [4.78, 5) is 0. The van der Waals surface area contributed by atoms with Gasteiger partial charge in [0.2, 0.25) is 0 Å². The second kappa shape index (κ2) is 3.40. The van der Waals surface area contributed by atoms with Crippen molar-refractivity contribution in [2.24, 2.45) is 5.41 Å². The molecule has 0 bridgehead atoms. The van der Waals surface area contributed by atoms with Gasteiger partial charge in [-0.2, -0.15) is 4.37 Å². The van der Waals surface area contributed by atoms with Gasteiger partial charge in [-0.3, -0.25) is 0 Å². The summed E-state index contributed by atoms with van der Waals surface area (Å²) in [6, 6.07) is 2.21. The summed E-state index contributed by atoms with van der Waals surface area (Å²) in [6.07, 6.45) is 0. The van der Waals surface area contributed by atoms with E-state index < -0.39 is 0 Å². The number of hydrogen-bond acceptors (Lipinski definition) is 5. The lowest BCUT2D eigenvalue weighted by atomic mass is 9.88. The lowest BCUT2D eigenvalue weighted by Gasteiger charge is -2.25. The van der Waals surface area contributed by atoms with Gasteiger partial charge >= 0.3 is 0 Å². The van der Waals surface area contributed by atoms with Gasteiger partial charge in [-0.25, -0.2) is 0 Å². The predicted molar refractivity (Wildman–Crippen MR) is 58.5 cm³/mol. The van der Waals surface area contributed by atoms with Crippen molar-refractivity contribution in [2.75, 3.05) is 24.3 Å². The number of ether oxygens (including phenoxy) is 1. The van der Waals surface area contributed by atoms with Gasteiger partial charge in [-0.05, 0) is 11.5 Å². The van der Waals surface area contributed by atoms with Gasteiger partial charge in [-0.1, -0.05) is 13.8 Å². The SMILES string of the molecule is CC1(C)COCC1Nc1cc(N)ns1. The van der Waals surface area contributed by atoms with E-state index in [9.17, 15) is 0 Å². The van der Waals surface area contributed by atoms with E-state index >= 15 is 0 Å². The maximum absolute atomic E-state index is 5.55. The first-order valence-electron chi connectivity index (χ1n) is 4.64. The first kappa shape index (κ1) is 9.73. The number of rotatable bonds is 2. The number of anilines is 2. The largest absolute Gasteiger partial charge is 0.383 e. The Bertz CT molecular complexity index is 324. The summed E-state index contributed by atoms with van der Waals surface area (Å²) >= 11 is 1.40. The molecule has 78 valence electrons. The molecule has 0 amide bonds. The standard InChI is InChI=1S/C9H15N3OS/c1-9(2)5-13-4-6(9)11-8-3-7(10)12-14-8/h3,6,11H,4-5H2,1-2H3,(H2,10,12). The second-order valence-electron chi connectivity index (χ2n) is 4.32. The molecule has 0 aromatic carbocycles. The van der Waals surface area contributed by atoms with Crippen LogP contribution in [0.5, 0.6) is 0 Å². The van der Waals surface area contributed by atoms with Crippen LogP contribution in [0.25, 0.3) is 0 Å². The highest BCUT2D eigenvalue weighted by Crippen LogP contribution is 2.31. The lowest BCUT2D eigenvalue weighted by molar-refractivity contribution is 0.167. The van der Waals surface area contributed by atoms with Crippen molar-refractivity contribution in [3.63, 3.8) is 0 Å². The fourth-order valence-electron chi connectivity index (χ4n) is 1.53. The lowest BCUT2D eigenvalue weighted by Crippen LogP contribution is -2.34. The Labute approximate surface area is 87.6 Å². The van der Waals surface area contributed by atoms with Gasteiger partial charge in [-0.15, -0.1) is 0 Å². The van der Waals surface area contributed by atoms with Crippen LogP contribution in [-0.4, -0.2) is 23.6 Å². The molecule has 2 heterocycles. The molecule has 4 nitrogen and oxygen atoms in total. The number of nitrogens with zero attached hydrogens (tertiary/aromatic N) is 1. The maximum Gasteiger partial charge on any atom is 0.139 e. The van der Waals surface area contributed by atoms with E-state index in [1.165, 1.54) is 11.5 Å². The molecule has 1 unspecified atom stereocenters. The zero-order chi connectivity index (χ0) is 10.2. The van der Waals surface area contributed by atoms with E-state index in [0.717, 1.165) is 18.2 Å². The fraction of sp³-hybridized carbons (Fsp3) is 0.667. The van der Waals surface area contributed by atoms with E-state index in [1.807, 2.05) is 6.07 Å². The van der Waals surface area contributed by atoms with E-state index in [0.29, 0.717) is 11.9 Å². The van der Waals surface area contributed by atoms with E-state index in [2.05, 4.69) is 23.5 Å². The average molecular weight is 213 g/mol. The highest BCUT2D eigenvalue weighted by atomic mass is 32.1. The third-order valence-corrected chi connectivity index (χ3v) is 3.28. The van der Waals surface area contributed by atoms with Gasteiger partial charge in [0.15, 0.2) is 0 Å². The predicted octanol–water partition coefficient (Wildman–Crippen LogP) is 1.56. The molecule has 0 spiro atoms. The molecular formula is C9H15N3OS. The number of nitrogens with two attached hydrogens (primary N) is 1. The van der Waals surface area contributed by atoms with E-state index in [-0.39, 0.29) is 5.41 Å². The molecule has 1 aliphatic heterocycles. The zero-order valence-corrected chi connectivity index (χ0v) is 9.23. The third kappa shape index (κ3) is 1.83. The molecular weight excluding hydrogens is 198 g/mol.